The zero-order chi connectivity index (χ0) is 15.8. The van der Waals surface area contributed by atoms with Crippen molar-refractivity contribution in [1.82, 2.24) is 5.32 Å². The normalized spacial score (nSPS) is 34.8. The molecule has 1 aromatic carbocycles. The van der Waals surface area contributed by atoms with Gasteiger partial charge in [0.15, 0.2) is 0 Å². The molecule has 126 valence electrons. The van der Waals surface area contributed by atoms with Crippen molar-refractivity contribution in [2.45, 2.75) is 58.0 Å². The number of benzene rings is 1. The highest BCUT2D eigenvalue weighted by atomic mass is 79.9. The zero-order valence-corrected chi connectivity index (χ0v) is 15.6. The monoisotopic (exact) mass is 377 g/mol. The molecule has 1 N–H and O–H groups in total. The molecule has 0 heterocycles. The van der Waals surface area contributed by atoms with E-state index >= 15 is 0 Å². The third-order valence-electron chi connectivity index (χ3n) is 6.24. The molecule has 3 heteroatoms. The molecule has 23 heavy (non-hydrogen) atoms. The summed E-state index contributed by atoms with van der Waals surface area (Å²) in [6.45, 7) is 3.89. The Kier molecular flexibility index (Phi) is 4.69. The van der Waals surface area contributed by atoms with Crippen LogP contribution in [0.25, 0.3) is 0 Å². The molecule has 4 bridgehead atoms. The Morgan fingerprint density at radius 1 is 1.09 bits per heavy atom. The van der Waals surface area contributed by atoms with Crippen molar-refractivity contribution in [3.63, 3.8) is 0 Å². The van der Waals surface area contributed by atoms with Crippen LogP contribution in [0, 0.1) is 23.7 Å². The second-order valence-corrected chi connectivity index (χ2v) is 8.85. The molecule has 0 saturated heterocycles. The van der Waals surface area contributed by atoms with Crippen molar-refractivity contribution < 1.29 is 4.74 Å². The maximum absolute atomic E-state index is 5.94. The van der Waals surface area contributed by atoms with E-state index in [-0.39, 0.29) is 0 Å². The van der Waals surface area contributed by atoms with Gasteiger partial charge in [-0.15, -0.1) is 0 Å². The van der Waals surface area contributed by atoms with Crippen LogP contribution >= 0.6 is 15.9 Å². The standard InChI is InChI=1S/C20H28BrNO/c1-2-5-23-19-4-3-18(21)11-17(19)12-22-20-15-7-13-6-14(9-15)10-16(20)8-13/h3-4,11,13-16,20,22H,2,5-10,12H2,1H3. The third kappa shape index (κ3) is 3.32. The quantitative estimate of drug-likeness (QED) is 0.739. The highest BCUT2D eigenvalue weighted by Crippen LogP contribution is 2.53. The summed E-state index contributed by atoms with van der Waals surface area (Å²) in [5.74, 6) is 5.00. The lowest BCUT2D eigenvalue weighted by Gasteiger charge is -2.54. The maximum atomic E-state index is 5.94. The van der Waals surface area contributed by atoms with E-state index in [1.807, 2.05) is 0 Å². The van der Waals surface area contributed by atoms with Crippen LogP contribution in [0.1, 0.15) is 51.0 Å². The van der Waals surface area contributed by atoms with Gasteiger partial charge in [0.25, 0.3) is 0 Å². The fourth-order valence-corrected chi connectivity index (χ4v) is 5.93. The number of hydrogen-bond donors (Lipinski definition) is 1. The van der Waals surface area contributed by atoms with Crippen LogP contribution in [-0.4, -0.2) is 12.6 Å². The zero-order valence-electron chi connectivity index (χ0n) is 14.1. The molecule has 0 aromatic heterocycles. The van der Waals surface area contributed by atoms with Gasteiger partial charge in [0, 0.05) is 22.6 Å². The SMILES string of the molecule is CCCOc1ccc(Br)cc1CNC1C2CC3CC(C2)CC1C3. The minimum absolute atomic E-state index is 0.737. The first kappa shape index (κ1) is 16.0. The summed E-state index contributed by atoms with van der Waals surface area (Å²) < 4.78 is 7.08. The average Bonchev–Trinajstić information content (AvgIpc) is 2.53. The minimum atomic E-state index is 0.737. The van der Waals surface area contributed by atoms with Gasteiger partial charge < -0.3 is 10.1 Å². The van der Waals surface area contributed by atoms with E-state index in [0.29, 0.717) is 0 Å². The van der Waals surface area contributed by atoms with Gasteiger partial charge in [-0.2, -0.15) is 0 Å². The first-order valence-electron chi connectivity index (χ1n) is 9.37. The molecule has 4 fully saturated rings. The molecule has 0 aliphatic heterocycles. The van der Waals surface area contributed by atoms with Gasteiger partial charge in [-0.3, -0.25) is 0 Å². The largest absolute Gasteiger partial charge is 0.493 e. The lowest BCUT2D eigenvalue weighted by molar-refractivity contribution is -0.0143. The van der Waals surface area contributed by atoms with Gasteiger partial charge >= 0.3 is 0 Å². The van der Waals surface area contributed by atoms with Gasteiger partial charge in [0.05, 0.1) is 6.61 Å². The molecule has 4 aliphatic rings. The molecule has 2 nitrogen and oxygen atoms in total. The van der Waals surface area contributed by atoms with Crippen molar-refractivity contribution in [3.05, 3.63) is 28.2 Å². The van der Waals surface area contributed by atoms with Crippen molar-refractivity contribution in [2.75, 3.05) is 6.61 Å². The van der Waals surface area contributed by atoms with Crippen molar-refractivity contribution >= 4 is 15.9 Å². The van der Waals surface area contributed by atoms with Crippen LogP contribution in [0.5, 0.6) is 5.75 Å². The molecular formula is C20H28BrNO. The molecular weight excluding hydrogens is 350 g/mol. The van der Waals surface area contributed by atoms with E-state index in [2.05, 4.69) is 46.4 Å². The van der Waals surface area contributed by atoms with Crippen LogP contribution in [0.3, 0.4) is 0 Å². The van der Waals surface area contributed by atoms with Gasteiger partial charge in [0.1, 0.15) is 5.75 Å². The summed E-state index contributed by atoms with van der Waals surface area (Å²) in [6.07, 6.45) is 8.48. The Morgan fingerprint density at radius 2 is 1.78 bits per heavy atom. The lowest BCUT2D eigenvalue weighted by atomic mass is 9.54. The topological polar surface area (TPSA) is 21.3 Å². The summed E-state index contributed by atoms with van der Waals surface area (Å²) >= 11 is 3.61. The highest BCUT2D eigenvalue weighted by molar-refractivity contribution is 9.10. The Morgan fingerprint density at radius 3 is 2.43 bits per heavy atom. The third-order valence-corrected chi connectivity index (χ3v) is 6.73. The summed E-state index contributed by atoms with van der Waals surface area (Å²) in [5.41, 5.74) is 1.29. The number of hydrogen-bond acceptors (Lipinski definition) is 2. The van der Waals surface area contributed by atoms with E-state index in [4.69, 9.17) is 4.74 Å². The number of rotatable bonds is 6. The molecule has 1 aromatic rings. The smallest absolute Gasteiger partial charge is 0.123 e. The van der Waals surface area contributed by atoms with E-state index in [0.717, 1.165) is 59.5 Å². The average molecular weight is 378 g/mol. The molecule has 0 spiro atoms. The summed E-state index contributed by atoms with van der Waals surface area (Å²) in [7, 11) is 0. The van der Waals surface area contributed by atoms with Crippen LogP contribution in [0.15, 0.2) is 22.7 Å². The second-order valence-electron chi connectivity index (χ2n) is 7.94. The molecule has 0 atom stereocenters. The summed E-state index contributed by atoms with van der Waals surface area (Å²) in [4.78, 5) is 0. The van der Waals surface area contributed by atoms with Gasteiger partial charge in [-0.25, -0.2) is 0 Å². The molecule has 0 unspecified atom stereocenters. The molecule has 0 amide bonds. The molecule has 4 aliphatic carbocycles. The Labute approximate surface area is 148 Å². The molecule has 4 saturated carbocycles. The van der Waals surface area contributed by atoms with Gasteiger partial charge in [0.2, 0.25) is 0 Å². The van der Waals surface area contributed by atoms with Gasteiger partial charge in [-0.1, -0.05) is 22.9 Å². The highest BCUT2D eigenvalue weighted by Gasteiger charge is 2.47. The van der Waals surface area contributed by atoms with Crippen LogP contribution in [0.4, 0.5) is 0 Å². The fourth-order valence-electron chi connectivity index (χ4n) is 5.53. The lowest BCUT2D eigenvalue weighted by Crippen LogP contribution is -2.54. The predicted molar refractivity (Wildman–Crippen MR) is 97.6 cm³/mol. The summed E-state index contributed by atoms with van der Waals surface area (Å²) in [6, 6.07) is 7.14. The Hall–Kier alpha value is -0.540. The minimum Gasteiger partial charge on any atom is -0.493 e. The van der Waals surface area contributed by atoms with Crippen molar-refractivity contribution in [3.8, 4) is 5.75 Å². The number of nitrogens with one attached hydrogen (secondary N) is 1. The maximum Gasteiger partial charge on any atom is 0.123 e. The van der Waals surface area contributed by atoms with Crippen LogP contribution in [0.2, 0.25) is 0 Å². The first-order chi connectivity index (χ1) is 11.2. The van der Waals surface area contributed by atoms with E-state index in [1.54, 1.807) is 0 Å². The first-order valence-corrected chi connectivity index (χ1v) is 10.2. The van der Waals surface area contributed by atoms with Crippen molar-refractivity contribution in [2.24, 2.45) is 23.7 Å². The molecule has 0 radical (unpaired) electrons. The number of halogens is 1. The van der Waals surface area contributed by atoms with Crippen LogP contribution < -0.4 is 10.1 Å². The predicted octanol–water partition coefficient (Wildman–Crippen LogP) is 5.15. The Bertz CT molecular complexity index is 531. The second kappa shape index (κ2) is 6.76. The van der Waals surface area contributed by atoms with Crippen LogP contribution in [-0.2, 0) is 6.54 Å². The summed E-state index contributed by atoms with van der Waals surface area (Å²) in [5, 5.41) is 3.92. The van der Waals surface area contributed by atoms with E-state index < -0.39 is 0 Å². The number of ether oxygens (including phenoxy) is 1. The van der Waals surface area contributed by atoms with Gasteiger partial charge in [-0.05, 0) is 80.4 Å². The Balaban J connectivity index is 1.43. The van der Waals surface area contributed by atoms with E-state index in [9.17, 15) is 0 Å². The fraction of sp³-hybridized carbons (Fsp3) is 0.700. The van der Waals surface area contributed by atoms with Crippen molar-refractivity contribution in [1.29, 1.82) is 0 Å². The molecule has 5 rings (SSSR count). The van der Waals surface area contributed by atoms with E-state index in [1.165, 1.54) is 37.7 Å².